The highest BCUT2D eigenvalue weighted by Gasteiger charge is 2.27. The van der Waals surface area contributed by atoms with Crippen LogP contribution in [0.15, 0.2) is 40.5 Å². The number of carbonyl (C=O) groups excluding carboxylic acids is 2. The molecule has 3 aliphatic rings. The normalized spacial score (nSPS) is 21.6. The van der Waals surface area contributed by atoms with Crippen molar-refractivity contribution in [1.82, 2.24) is 9.80 Å². The Morgan fingerprint density at radius 2 is 1.80 bits per heavy atom. The van der Waals surface area contributed by atoms with Crippen LogP contribution < -0.4 is 5.73 Å². The fourth-order valence-electron chi connectivity index (χ4n) is 5.87. The summed E-state index contributed by atoms with van der Waals surface area (Å²) >= 11 is 0. The molecule has 1 aromatic carbocycles. The summed E-state index contributed by atoms with van der Waals surface area (Å²) in [7, 11) is 0. The predicted octanol–water partition coefficient (Wildman–Crippen LogP) is 5.22. The zero-order valence-corrected chi connectivity index (χ0v) is 25.3. The van der Waals surface area contributed by atoms with E-state index in [1.54, 1.807) is 16.0 Å². The fraction of sp³-hybridized carbons (Fsp3) is 0.667. The summed E-state index contributed by atoms with van der Waals surface area (Å²) in [5, 5.41) is 9.64. The molecule has 3 N–H and O–H groups in total. The number of likely N-dealkylation sites (tertiary alicyclic amines) is 1. The molecule has 1 atom stereocenters. The molecule has 4 rings (SSSR count). The van der Waals surface area contributed by atoms with Gasteiger partial charge < -0.3 is 20.6 Å². The van der Waals surface area contributed by atoms with Gasteiger partial charge in [0.15, 0.2) is 0 Å². The molecule has 1 aromatic rings. The number of carbonyl (C=O) groups is 2. The highest BCUT2D eigenvalue weighted by molar-refractivity contribution is 6.09. The van der Waals surface area contributed by atoms with Gasteiger partial charge in [0.1, 0.15) is 12.2 Å². The van der Waals surface area contributed by atoms with E-state index in [2.05, 4.69) is 57.0 Å². The Bertz CT molecular complexity index is 1040. The molecule has 7 heteroatoms. The highest BCUT2D eigenvalue weighted by atomic mass is 16.3. The van der Waals surface area contributed by atoms with E-state index >= 15 is 0 Å². The van der Waals surface area contributed by atoms with Gasteiger partial charge in [0, 0.05) is 37.5 Å². The van der Waals surface area contributed by atoms with Crippen LogP contribution in [0, 0.1) is 5.92 Å². The second-order valence-electron chi connectivity index (χ2n) is 12.1. The second kappa shape index (κ2) is 15.9. The molecule has 1 saturated heterocycles. The van der Waals surface area contributed by atoms with Crippen LogP contribution in [0.3, 0.4) is 0 Å². The molecule has 7 nitrogen and oxygen atoms in total. The molecule has 0 radical (unpaired) electrons. The minimum absolute atomic E-state index is 0.0427. The van der Waals surface area contributed by atoms with Crippen LogP contribution in [-0.2, 0) is 16.0 Å². The van der Waals surface area contributed by atoms with Crippen molar-refractivity contribution in [3.8, 4) is 0 Å². The lowest BCUT2D eigenvalue weighted by Crippen LogP contribution is -2.42. The average Bonchev–Trinajstić information content (AvgIpc) is 3.43. The summed E-state index contributed by atoms with van der Waals surface area (Å²) in [5.41, 5.74) is 11.3. The number of nitrogens with zero attached hydrogens (tertiary/aromatic N) is 3. The molecule has 2 amide bonds. The molecule has 2 aliphatic carbocycles. The van der Waals surface area contributed by atoms with Crippen LogP contribution in [0.2, 0.25) is 0 Å². The van der Waals surface area contributed by atoms with Gasteiger partial charge in [-0.2, -0.15) is 0 Å². The lowest BCUT2D eigenvalue weighted by molar-refractivity contribution is -0.130. The van der Waals surface area contributed by atoms with Crippen molar-refractivity contribution in [1.29, 1.82) is 0 Å². The number of aryl methyl sites for hydroxylation is 1. The van der Waals surface area contributed by atoms with Crippen molar-refractivity contribution in [3.63, 3.8) is 0 Å². The predicted molar refractivity (Wildman–Crippen MR) is 163 cm³/mol. The third kappa shape index (κ3) is 9.18. The van der Waals surface area contributed by atoms with Gasteiger partial charge in [-0.3, -0.25) is 14.6 Å². The SMILES string of the molecule is CC1CCCc2ccccc21.CCCN(CCC(C)C)C(=O)CN=C1CCC/C1=C(/N)C(=O)N1CCC(O)CC1. The number of fused-ring (bicyclic) bond motifs is 1. The quantitative estimate of drug-likeness (QED) is 0.432. The van der Waals surface area contributed by atoms with Gasteiger partial charge >= 0.3 is 0 Å². The Hall–Kier alpha value is -2.67. The largest absolute Gasteiger partial charge is 0.394 e. The number of hydrogen-bond donors (Lipinski definition) is 2. The zero-order chi connectivity index (χ0) is 29.1. The van der Waals surface area contributed by atoms with Gasteiger partial charge in [-0.1, -0.05) is 52.0 Å². The first-order valence-electron chi connectivity index (χ1n) is 15.6. The first-order chi connectivity index (χ1) is 19.2. The van der Waals surface area contributed by atoms with E-state index in [0.29, 0.717) is 31.8 Å². The Balaban J connectivity index is 0.000000330. The van der Waals surface area contributed by atoms with Crippen molar-refractivity contribution in [2.45, 2.75) is 104 Å². The molecule has 1 unspecified atom stereocenters. The van der Waals surface area contributed by atoms with Crippen molar-refractivity contribution in [3.05, 3.63) is 46.7 Å². The number of aliphatic imine (C=N–C) groups is 1. The summed E-state index contributed by atoms with van der Waals surface area (Å²) in [6.07, 6.45) is 9.20. The van der Waals surface area contributed by atoms with E-state index in [1.165, 1.54) is 19.3 Å². The van der Waals surface area contributed by atoms with Crippen LogP contribution in [0.5, 0.6) is 0 Å². The standard InChI is InChI=1S/C22H38N4O3.C11H14/c1-4-11-25(12-8-16(2)3)20(28)15-24-19-7-5-6-18(19)21(23)22(29)26-13-9-17(27)10-14-26;1-9-5-4-7-10-6-2-3-8-11(9)10/h16-17,27H,4-15,23H2,1-3H3;2-3,6,8-9H,4-5,7H2,1H3/b21-18-,24-19?;. The number of aliphatic hydroxyl groups excluding tert-OH is 1. The third-order valence-electron chi connectivity index (χ3n) is 8.39. The highest BCUT2D eigenvalue weighted by Crippen LogP contribution is 2.30. The van der Waals surface area contributed by atoms with E-state index in [9.17, 15) is 14.7 Å². The summed E-state index contributed by atoms with van der Waals surface area (Å²) in [4.78, 5) is 33.6. The molecule has 0 spiro atoms. The topological polar surface area (TPSA) is 99.2 Å². The average molecular weight is 553 g/mol. The molecule has 222 valence electrons. The number of amides is 2. The van der Waals surface area contributed by atoms with Gasteiger partial charge in [0.05, 0.1) is 6.10 Å². The Labute approximate surface area is 241 Å². The van der Waals surface area contributed by atoms with E-state index in [1.807, 2.05) is 4.90 Å². The van der Waals surface area contributed by atoms with Gasteiger partial charge in [0.25, 0.3) is 5.91 Å². The number of allylic oxidation sites excluding steroid dienone is 1. The zero-order valence-electron chi connectivity index (χ0n) is 25.3. The van der Waals surface area contributed by atoms with Crippen LogP contribution in [-0.4, -0.2) is 71.3 Å². The summed E-state index contributed by atoms with van der Waals surface area (Å²) in [6.45, 7) is 11.4. The molecule has 0 bridgehead atoms. The van der Waals surface area contributed by atoms with Crippen LogP contribution in [0.1, 0.15) is 103 Å². The number of aliphatic hydroxyl groups is 1. The molecular weight excluding hydrogens is 500 g/mol. The molecule has 1 heterocycles. The van der Waals surface area contributed by atoms with Crippen LogP contribution in [0.25, 0.3) is 0 Å². The monoisotopic (exact) mass is 552 g/mol. The minimum Gasteiger partial charge on any atom is -0.394 e. The number of benzene rings is 1. The van der Waals surface area contributed by atoms with Gasteiger partial charge in [0.2, 0.25) is 5.91 Å². The first-order valence-corrected chi connectivity index (χ1v) is 15.6. The van der Waals surface area contributed by atoms with Gasteiger partial charge in [-0.25, -0.2) is 0 Å². The molecule has 0 aromatic heterocycles. The maximum Gasteiger partial charge on any atom is 0.270 e. The maximum atomic E-state index is 12.7. The lowest BCUT2D eigenvalue weighted by atomic mass is 9.84. The lowest BCUT2D eigenvalue weighted by Gasteiger charge is -2.30. The van der Waals surface area contributed by atoms with Crippen LogP contribution >= 0.6 is 0 Å². The third-order valence-corrected chi connectivity index (χ3v) is 8.39. The van der Waals surface area contributed by atoms with Crippen molar-refractivity contribution < 1.29 is 14.7 Å². The number of rotatable bonds is 8. The summed E-state index contributed by atoms with van der Waals surface area (Å²) in [5.74, 6) is 1.22. The van der Waals surface area contributed by atoms with Gasteiger partial charge in [-0.15, -0.1) is 0 Å². The summed E-state index contributed by atoms with van der Waals surface area (Å²) < 4.78 is 0. The van der Waals surface area contributed by atoms with Crippen molar-refractivity contribution in [2.24, 2.45) is 16.6 Å². The van der Waals surface area contributed by atoms with E-state index in [-0.39, 0.29) is 30.2 Å². The smallest absolute Gasteiger partial charge is 0.270 e. The fourth-order valence-corrected chi connectivity index (χ4v) is 5.87. The molecule has 1 saturated carbocycles. The first kappa shape index (κ1) is 31.9. The van der Waals surface area contributed by atoms with Crippen LogP contribution in [0.4, 0.5) is 0 Å². The Kier molecular flexibility index (Phi) is 12.7. The molecular formula is C33H52N4O3. The second-order valence-corrected chi connectivity index (χ2v) is 12.1. The number of piperidine rings is 1. The van der Waals surface area contributed by atoms with E-state index < -0.39 is 0 Å². The van der Waals surface area contributed by atoms with E-state index in [0.717, 1.165) is 62.4 Å². The molecule has 40 heavy (non-hydrogen) atoms. The molecule has 1 aliphatic heterocycles. The Morgan fingerprint density at radius 1 is 1.07 bits per heavy atom. The van der Waals surface area contributed by atoms with Crippen molar-refractivity contribution >= 4 is 17.5 Å². The Morgan fingerprint density at radius 3 is 2.48 bits per heavy atom. The van der Waals surface area contributed by atoms with E-state index in [4.69, 9.17) is 5.73 Å². The minimum atomic E-state index is -0.329. The summed E-state index contributed by atoms with van der Waals surface area (Å²) in [6, 6.07) is 8.85. The molecule has 2 fully saturated rings. The van der Waals surface area contributed by atoms with Gasteiger partial charge in [-0.05, 0) is 87.2 Å². The van der Waals surface area contributed by atoms with Crippen molar-refractivity contribution in [2.75, 3.05) is 32.7 Å². The number of nitrogens with two attached hydrogens (primary N) is 1. The number of hydrogen-bond acceptors (Lipinski definition) is 5. The maximum absolute atomic E-state index is 12.7.